The van der Waals surface area contributed by atoms with Crippen LogP contribution in [0.1, 0.15) is 15.9 Å². The molecule has 0 aliphatic heterocycles. The zero-order valence-electron chi connectivity index (χ0n) is 10.2. The third-order valence-corrected chi connectivity index (χ3v) is 2.99. The van der Waals surface area contributed by atoms with Gasteiger partial charge in [-0.25, -0.2) is 4.79 Å². The standard InChI is InChI=1S/C14H10ClN3O2/c15-10-3-1-8(7-16)5-12(10)18-13-6-9(14(19)20)2-4-11(13)17/h1-6,18H,17H2,(H,19,20). The van der Waals surface area contributed by atoms with Crippen molar-refractivity contribution in [2.75, 3.05) is 11.1 Å². The quantitative estimate of drug-likeness (QED) is 0.753. The summed E-state index contributed by atoms with van der Waals surface area (Å²) in [6.45, 7) is 0. The molecule has 0 heterocycles. The lowest BCUT2D eigenvalue weighted by Gasteiger charge is -2.12. The van der Waals surface area contributed by atoms with Crippen molar-refractivity contribution >= 4 is 34.6 Å². The van der Waals surface area contributed by atoms with Crippen LogP contribution in [0.15, 0.2) is 36.4 Å². The van der Waals surface area contributed by atoms with Gasteiger partial charge in [-0.15, -0.1) is 0 Å². The van der Waals surface area contributed by atoms with Gasteiger partial charge in [0.15, 0.2) is 0 Å². The van der Waals surface area contributed by atoms with Crippen LogP contribution in [0.3, 0.4) is 0 Å². The number of anilines is 3. The van der Waals surface area contributed by atoms with Gasteiger partial charge < -0.3 is 16.2 Å². The summed E-state index contributed by atoms with van der Waals surface area (Å²) in [5.74, 6) is -1.05. The summed E-state index contributed by atoms with van der Waals surface area (Å²) in [6, 6.07) is 11.1. The molecule has 0 amide bonds. The molecule has 2 rings (SSSR count). The molecular formula is C14H10ClN3O2. The Morgan fingerprint density at radius 1 is 1.25 bits per heavy atom. The van der Waals surface area contributed by atoms with E-state index in [-0.39, 0.29) is 5.56 Å². The molecule has 20 heavy (non-hydrogen) atoms. The van der Waals surface area contributed by atoms with E-state index in [1.165, 1.54) is 18.2 Å². The number of carboxylic acid groups (broad SMARTS) is 1. The molecule has 0 atom stereocenters. The topological polar surface area (TPSA) is 99.1 Å². The van der Waals surface area contributed by atoms with Crippen LogP contribution in [0.25, 0.3) is 0 Å². The van der Waals surface area contributed by atoms with Gasteiger partial charge in [0, 0.05) is 0 Å². The molecule has 0 fully saturated rings. The Kier molecular flexibility index (Phi) is 3.78. The molecule has 0 spiro atoms. The molecule has 5 nitrogen and oxygen atoms in total. The molecule has 4 N–H and O–H groups in total. The number of carboxylic acids is 1. The van der Waals surface area contributed by atoms with Crippen LogP contribution in [-0.2, 0) is 0 Å². The van der Waals surface area contributed by atoms with Crippen molar-refractivity contribution in [3.05, 3.63) is 52.5 Å². The molecule has 2 aromatic rings. The summed E-state index contributed by atoms with van der Waals surface area (Å²) >= 11 is 6.03. The molecule has 0 saturated carbocycles. The Morgan fingerprint density at radius 2 is 2.00 bits per heavy atom. The Balaban J connectivity index is 2.42. The molecule has 0 saturated heterocycles. The van der Waals surface area contributed by atoms with Gasteiger partial charge in [0.25, 0.3) is 0 Å². The second-order valence-corrected chi connectivity index (χ2v) is 4.45. The zero-order valence-corrected chi connectivity index (χ0v) is 11.0. The predicted octanol–water partition coefficient (Wildman–Crippen LogP) is 3.24. The summed E-state index contributed by atoms with van der Waals surface area (Å²) in [5, 5.41) is 21.2. The van der Waals surface area contributed by atoms with Crippen LogP contribution in [0.2, 0.25) is 5.02 Å². The number of nitriles is 1. The Hall–Kier alpha value is -2.71. The maximum absolute atomic E-state index is 10.9. The van der Waals surface area contributed by atoms with Crippen LogP contribution < -0.4 is 11.1 Å². The summed E-state index contributed by atoms with van der Waals surface area (Å²) in [6.07, 6.45) is 0. The lowest BCUT2D eigenvalue weighted by atomic mass is 10.1. The van der Waals surface area contributed by atoms with Crippen molar-refractivity contribution in [2.45, 2.75) is 0 Å². The van der Waals surface area contributed by atoms with Crippen LogP contribution >= 0.6 is 11.6 Å². The average Bonchev–Trinajstić information content (AvgIpc) is 2.43. The van der Waals surface area contributed by atoms with E-state index < -0.39 is 5.97 Å². The van der Waals surface area contributed by atoms with Crippen LogP contribution in [0.5, 0.6) is 0 Å². The van der Waals surface area contributed by atoms with Gasteiger partial charge in [-0.05, 0) is 36.4 Å². The number of hydrogen-bond acceptors (Lipinski definition) is 4. The fraction of sp³-hybridized carbons (Fsp3) is 0. The molecule has 0 bridgehead atoms. The van der Waals surface area contributed by atoms with E-state index >= 15 is 0 Å². The summed E-state index contributed by atoms with van der Waals surface area (Å²) in [4.78, 5) is 10.9. The minimum Gasteiger partial charge on any atom is -0.478 e. The number of benzene rings is 2. The van der Waals surface area contributed by atoms with Crippen LogP contribution in [0, 0.1) is 11.3 Å². The van der Waals surface area contributed by atoms with Gasteiger partial charge in [0.2, 0.25) is 0 Å². The van der Waals surface area contributed by atoms with E-state index in [1.54, 1.807) is 18.2 Å². The number of nitrogen functional groups attached to an aromatic ring is 1. The SMILES string of the molecule is N#Cc1ccc(Cl)c(Nc2cc(C(=O)O)ccc2N)c1. The first kappa shape index (κ1) is 13.7. The van der Waals surface area contributed by atoms with Crippen molar-refractivity contribution in [1.82, 2.24) is 0 Å². The number of nitrogens with zero attached hydrogens (tertiary/aromatic N) is 1. The number of carbonyl (C=O) groups is 1. The van der Waals surface area contributed by atoms with Gasteiger partial charge in [-0.3, -0.25) is 0 Å². The number of nitrogens with one attached hydrogen (secondary N) is 1. The van der Waals surface area contributed by atoms with E-state index in [1.807, 2.05) is 6.07 Å². The number of halogens is 1. The molecular weight excluding hydrogens is 278 g/mol. The van der Waals surface area contributed by atoms with Crippen LogP contribution in [-0.4, -0.2) is 11.1 Å². The molecule has 0 radical (unpaired) electrons. The number of rotatable bonds is 3. The minimum absolute atomic E-state index is 0.106. The molecule has 0 unspecified atom stereocenters. The van der Waals surface area contributed by atoms with Crippen LogP contribution in [0.4, 0.5) is 17.1 Å². The molecule has 0 aromatic heterocycles. The van der Waals surface area contributed by atoms with E-state index in [4.69, 9.17) is 27.7 Å². The number of hydrogen-bond donors (Lipinski definition) is 3. The molecule has 0 aliphatic carbocycles. The van der Waals surface area contributed by atoms with E-state index in [2.05, 4.69) is 5.32 Å². The Labute approximate surface area is 120 Å². The first-order chi connectivity index (χ1) is 9.51. The Bertz CT molecular complexity index is 723. The van der Waals surface area contributed by atoms with Crippen molar-refractivity contribution in [3.8, 4) is 6.07 Å². The maximum atomic E-state index is 10.9. The molecule has 0 aliphatic rings. The third-order valence-electron chi connectivity index (χ3n) is 2.67. The fourth-order valence-electron chi connectivity index (χ4n) is 1.63. The monoisotopic (exact) mass is 287 g/mol. The van der Waals surface area contributed by atoms with Crippen molar-refractivity contribution in [3.63, 3.8) is 0 Å². The van der Waals surface area contributed by atoms with Gasteiger partial charge in [-0.1, -0.05) is 11.6 Å². The predicted molar refractivity (Wildman–Crippen MR) is 77.3 cm³/mol. The molecule has 6 heteroatoms. The van der Waals surface area contributed by atoms with Gasteiger partial charge in [-0.2, -0.15) is 5.26 Å². The van der Waals surface area contributed by atoms with Gasteiger partial charge in [0.05, 0.1) is 39.3 Å². The summed E-state index contributed by atoms with van der Waals surface area (Å²) in [5.41, 5.74) is 7.62. The molecule has 100 valence electrons. The highest BCUT2D eigenvalue weighted by Gasteiger charge is 2.09. The van der Waals surface area contributed by atoms with Gasteiger partial charge in [0.1, 0.15) is 0 Å². The second kappa shape index (κ2) is 5.51. The second-order valence-electron chi connectivity index (χ2n) is 4.04. The summed E-state index contributed by atoms with van der Waals surface area (Å²) in [7, 11) is 0. The Morgan fingerprint density at radius 3 is 2.65 bits per heavy atom. The normalized spacial score (nSPS) is 9.80. The molecule has 2 aromatic carbocycles. The highest BCUT2D eigenvalue weighted by molar-refractivity contribution is 6.33. The largest absolute Gasteiger partial charge is 0.478 e. The highest BCUT2D eigenvalue weighted by atomic mass is 35.5. The van der Waals surface area contributed by atoms with Crippen molar-refractivity contribution < 1.29 is 9.90 Å². The third kappa shape index (κ3) is 2.82. The first-order valence-corrected chi connectivity index (χ1v) is 5.98. The summed E-state index contributed by atoms with van der Waals surface area (Å²) < 4.78 is 0. The smallest absolute Gasteiger partial charge is 0.335 e. The van der Waals surface area contributed by atoms with Crippen molar-refractivity contribution in [1.29, 1.82) is 5.26 Å². The number of aromatic carboxylic acids is 1. The van der Waals surface area contributed by atoms with E-state index in [0.29, 0.717) is 27.6 Å². The van der Waals surface area contributed by atoms with Crippen molar-refractivity contribution in [2.24, 2.45) is 0 Å². The fourth-order valence-corrected chi connectivity index (χ4v) is 1.80. The lowest BCUT2D eigenvalue weighted by molar-refractivity contribution is 0.0697. The average molecular weight is 288 g/mol. The van der Waals surface area contributed by atoms with E-state index in [9.17, 15) is 4.79 Å². The maximum Gasteiger partial charge on any atom is 0.335 e. The first-order valence-electron chi connectivity index (χ1n) is 5.61. The van der Waals surface area contributed by atoms with Gasteiger partial charge >= 0.3 is 5.97 Å². The van der Waals surface area contributed by atoms with E-state index in [0.717, 1.165) is 0 Å². The minimum atomic E-state index is -1.05. The zero-order chi connectivity index (χ0) is 14.7. The lowest BCUT2D eigenvalue weighted by Crippen LogP contribution is -2.02. The number of nitrogens with two attached hydrogens (primary N) is 1. The highest BCUT2D eigenvalue weighted by Crippen LogP contribution is 2.29.